The minimum Gasteiger partial charge on any atom is -0.497 e. The van der Waals surface area contributed by atoms with E-state index in [4.69, 9.17) is 9.47 Å². The second-order valence-corrected chi connectivity index (χ2v) is 7.42. The van der Waals surface area contributed by atoms with Gasteiger partial charge in [-0.1, -0.05) is 6.07 Å². The van der Waals surface area contributed by atoms with Crippen molar-refractivity contribution in [3.05, 3.63) is 53.9 Å². The highest BCUT2D eigenvalue weighted by atomic mass is 16.5. The van der Waals surface area contributed by atoms with E-state index in [1.165, 1.54) is 4.90 Å². The van der Waals surface area contributed by atoms with Gasteiger partial charge in [0.2, 0.25) is 0 Å². The Bertz CT molecular complexity index is 905. The quantitative estimate of drug-likeness (QED) is 0.723. The lowest BCUT2D eigenvalue weighted by Gasteiger charge is -2.33. The fraction of sp³-hybridized carbons (Fsp3) is 0.409. The summed E-state index contributed by atoms with van der Waals surface area (Å²) in [4.78, 5) is 33.5. The molecule has 3 heterocycles. The van der Waals surface area contributed by atoms with Crippen molar-refractivity contribution in [1.29, 1.82) is 0 Å². The van der Waals surface area contributed by atoms with Crippen LogP contribution in [0.5, 0.6) is 11.5 Å². The Morgan fingerprint density at radius 1 is 1.23 bits per heavy atom. The number of nitrogens with one attached hydrogen (secondary N) is 1. The molecule has 2 aliphatic rings. The number of methoxy groups -OCH3 is 1. The standard InChI is InChI=1S/C22H26N4O4/c1-29-16-6-7-20-17(13-16)22(28)26(21(27)15-30-20)11-4-10-25-12-9-24-19(14-25)18-5-2-3-8-23-18/h2-3,5-8,13,19,24H,4,9-12,14-15H2,1H3. The molecule has 1 N–H and O–H groups in total. The molecule has 1 aromatic heterocycles. The number of piperazine rings is 1. The molecule has 1 saturated heterocycles. The number of rotatable bonds is 6. The largest absolute Gasteiger partial charge is 0.497 e. The van der Waals surface area contributed by atoms with Crippen LogP contribution in [0.2, 0.25) is 0 Å². The predicted octanol–water partition coefficient (Wildman–Crippen LogP) is 1.49. The molecule has 1 aromatic carbocycles. The van der Waals surface area contributed by atoms with Crippen molar-refractivity contribution in [3.63, 3.8) is 0 Å². The summed E-state index contributed by atoms with van der Waals surface area (Å²) in [6, 6.07) is 11.1. The molecule has 4 rings (SSSR count). The van der Waals surface area contributed by atoms with Crippen LogP contribution >= 0.6 is 0 Å². The first-order valence-electron chi connectivity index (χ1n) is 10.2. The van der Waals surface area contributed by atoms with Crippen LogP contribution in [0.15, 0.2) is 42.6 Å². The molecule has 2 aromatic rings. The van der Waals surface area contributed by atoms with Gasteiger partial charge in [-0.2, -0.15) is 0 Å². The van der Waals surface area contributed by atoms with E-state index in [0.717, 1.165) is 31.9 Å². The second-order valence-electron chi connectivity index (χ2n) is 7.42. The van der Waals surface area contributed by atoms with Crippen molar-refractivity contribution < 1.29 is 19.1 Å². The Labute approximate surface area is 175 Å². The van der Waals surface area contributed by atoms with Crippen LogP contribution in [0.4, 0.5) is 0 Å². The van der Waals surface area contributed by atoms with Gasteiger partial charge >= 0.3 is 0 Å². The number of amides is 2. The van der Waals surface area contributed by atoms with Gasteiger partial charge in [0.1, 0.15) is 11.5 Å². The maximum atomic E-state index is 13.0. The second kappa shape index (κ2) is 9.23. The first-order chi connectivity index (χ1) is 14.7. The van der Waals surface area contributed by atoms with Gasteiger partial charge in [0.05, 0.1) is 24.4 Å². The molecular formula is C22H26N4O4. The van der Waals surface area contributed by atoms with Crippen LogP contribution in [-0.2, 0) is 4.79 Å². The smallest absolute Gasteiger partial charge is 0.267 e. The van der Waals surface area contributed by atoms with Crippen LogP contribution in [-0.4, -0.2) is 73.0 Å². The van der Waals surface area contributed by atoms with Gasteiger partial charge < -0.3 is 19.7 Å². The summed E-state index contributed by atoms with van der Waals surface area (Å²) in [6.07, 6.45) is 2.51. The molecule has 1 unspecified atom stereocenters. The zero-order chi connectivity index (χ0) is 20.9. The third-order valence-electron chi connectivity index (χ3n) is 5.47. The molecule has 2 amide bonds. The normalized spacial score (nSPS) is 19.8. The van der Waals surface area contributed by atoms with Gasteiger partial charge in [-0.15, -0.1) is 0 Å². The van der Waals surface area contributed by atoms with Gasteiger partial charge in [-0.3, -0.25) is 19.5 Å². The van der Waals surface area contributed by atoms with Gasteiger partial charge in [0, 0.05) is 32.4 Å². The van der Waals surface area contributed by atoms with E-state index in [9.17, 15) is 9.59 Å². The number of carbonyl (C=O) groups is 2. The van der Waals surface area contributed by atoms with Gasteiger partial charge in [-0.25, -0.2) is 0 Å². The van der Waals surface area contributed by atoms with Gasteiger partial charge in [-0.05, 0) is 43.3 Å². The third kappa shape index (κ3) is 4.44. The Morgan fingerprint density at radius 3 is 2.93 bits per heavy atom. The van der Waals surface area contributed by atoms with E-state index < -0.39 is 0 Å². The zero-order valence-corrected chi connectivity index (χ0v) is 17.0. The number of fused-ring (bicyclic) bond motifs is 1. The zero-order valence-electron chi connectivity index (χ0n) is 17.0. The highest BCUT2D eigenvalue weighted by Crippen LogP contribution is 2.28. The van der Waals surface area contributed by atoms with Crippen LogP contribution in [0.25, 0.3) is 0 Å². The SMILES string of the molecule is COc1ccc2c(c1)C(=O)N(CCCN1CCNC(c3ccccn3)C1)C(=O)CO2. The molecule has 0 spiro atoms. The Hall–Kier alpha value is -2.97. The lowest BCUT2D eigenvalue weighted by molar-refractivity contribution is -0.130. The molecule has 0 aliphatic carbocycles. The predicted molar refractivity (Wildman–Crippen MR) is 111 cm³/mol. The molecule has 0 bridgehead atoms. The maximum Gasteiger partial charge on any atom is 0.267 e. The van der Waals surface area contributed by atoms with E-state index in [0.29, 0.717) is 30.0 Å². The minimum atomic E-state index is -0.335. The summed E-state index contributed by atoms with van der Waals surface area (Å²) in [5, 5.41) is 3.50. The number of pyridine rings is 1. The molecule has 8 heteroatoms. The summed E-state index contributed by atoms with van der Waals surface area (Å²) >= 11 is 0. The topological polar surface area (TPSA) is 84.0 Å². The van der Waals surface area contributed by atoms with Crippen molar-refractivity contribution in [2.24, 2.45) is 0 Å². The molecule has 158 valence electrons. The number of ether oxygens (including phenoxy) is 2. The highest BCUT2D eigenvalue weighted by Gasteiger charge is 2.30. The molecular weight excluding hydrogens is 384 g/mol. The fourth-order valence-electron chi connectivity index (χ4n) is 3.88. The monoisotopic (exact) mass is 410 g/mol. The molecule has 2 aliphatic heterocycles. The third-order valence-corrected chi connectivity index (χ3v) is 5.47. The van der Waals surface area contributed by atoms with Crippen molar-refractivity contribution in [2.45, 2.75) is 12.5 Å². The van der Waals surface area contributed by atoms with Crippen molar-refractivity contribution in [3.8, 4) is 11.5 Å². The van der Waals surface area contributed by atoms with E-state index in [2.05, 4.69) is 15.2 Å². The molecule has 0 radical (unpaired) electrons. The Kier molecular flexibility index (Phi) is 6.25. The fourth-order valence-corrected chi connectivity index (χ4v) is 3.88. The number of imide groups is 1. The molecule has 1 atom stereocenters. The molecule has 1 fully saturated rings. The van der Waals surface area contributed by atoms with Gasteiger partial charge in [0.15, 0.2) is 6.61 Å². The maximum absolute atomic E-state index is 13.0. The van der Waals surface area contributed by atoms with E-state index in [-0.39, 0.29) is 24.5 Å². The van der Waals surface area contributed by atoms with Crippen LogP contribution in [0.3, 0.4) is 0 Å². The number of carbonyl (C=O) groups excluding carboxylic acids is 2. The van der Waals surface area contributed by atoms with Crippen LogP contribution in [0.1, 0.15) is 28.5 Å². The average Bonchev–Trinajstić information content (AvgIpc) is 2.91. The summed E-state index contributed by atoms with van der Waals surface area (Å²) in [6.45, 7) is 3.67. The summed E-state index contributed by atoms with van der Waals surface area (Å²) in [7, 11) is 1.54. The number of aromatic nitrogens is 1. The number of hydrogen-bond donors (Lipinski definition) is 1. The lowest BCUT2D eigenvalue weighted by Crippen LogP contribution is -2.47. The van der Waals surface area contributed by atoms with Crippen LogP contribution < -0.4 is 14.8 Å². The minimum absolute atomic E-state index is 0.138. The van der Waals surface area contributed by atoms with Crippen molar-refractivity contribution in [1.82, 2.24) is 20.1 Å². The number of hydrogen-bond acceptors (Lipinski definition) is 7. The molecule has 8 nitrogen and oxygen atoms in total. The Balaban J connectivity index is 1.36. The lowest BCUT2D eigenvalue weighted by atomic mass is 10.1. The van der Waals surface area contributed by atoms with E-state index >= 15 is 0 Å². The van der Waals surface area contributed by atoms with Gasteiger partial charge in [0.25, 0.3) is 11.8 Å². The average molecular weight is 410 g/mol. The number of nitrogens with zero attached hydrogens (tertiary/aromatic N) is 3. The van der Waals surface area contributed by atoms with E-state index in [1.54, 1.807) is 31.5 Å². The first-order valence-corrected chi connectivity index (χ1v) is 10.2. The van der Waals surface area contributed by atoms with Crippen molar-refractivity contribution >= 4 is 11.8 Å². The molecule has 0 saturated carbocycles. The highest BCUT2D eigenvalue weighted by molar-refractivity contribution is 6.07. The number of benzene rings is 1. The summed E-state index contributed by atoms with van der Waals surface area (Å²) in [5.74, 6) is 0.318. The Morgan fingerprint density at radius 2 is 2.13 bits per heavy atom. The van der Waals surface area contributed by atoms with Crippen LogP contribution in [0, 0.1) is 0 Å². The first kappa shape index (κ1) is 20.3. The van der Waals surface area contributed by atoms with Crippen molar-refractivity contribution in [2.75, 3.05) is 46.4 Å². The van der Waals surface area contributed by atoms with E-state index in [1.807, 2.05) is 18.2 Å². The summed E-state index contributed by atoms with van der Waals surface area (Å²) < 4.78 is 10.7. The summed E-state index contributed by atoms with van der Waals surface area (Å²) in [5.41, 5.74) is 1.39. The molecule has 30 heavy (non-hydrogen) atoms.